The molecule has 0 saturated heterocycles. The van der Waals surface area contributed by atoms with Crippen molar-refractivity contribution in [2.75, 3.05) is 6.61 Å². The second-order valence-electron chi connectivity index (χ2n) is 5.81. The molecule has 0 fully saturated rings. The van der Waals surface area contributed by atoms with E-state index in [0.29, 0.717) is 6.04 Å². The molecule has 0 aliphatic carbocycles. The van der Waals surface area contributed by atoms with Gasteiger partial charge in [0.25, 0.3) is 0 Å². The number of halogens is 4. The third-order valence-electron chi connectivity index (χ3n) is 2.91. The Labute approximate surface area is 165 Å². The number of alkyl halides is 3. The average Bonchev–Trinajstić information content (AvgIpc) is 2.55. The number of nitrogens with two attached hydrogens (primary N) is 1. The summed E-state index contributed by atoms with van der Waals surface area (Å²) in [7, 11) is 0. The summed E-state index contributed by atoms with van der Waals surface area (Å²) >= 11 is 5.80. The van der Waals surface area contributed by atoms with Gasteiger partial charge in [0.15, 0.2) is 0 Å². The van der Waals surface area contributed by atoms with Crippen LogP contribution in [-0.2, 0) is 6.18 Å². The molecule has 0 heterocycles. The summed E-state index contributed by atoms with van der Waals surface area (Å²) in [5.74, 6) is 0.120. The standard InChI is InChI=1S/C15H11ClF3NO4.C3H9N/c1-2-23-14-8-10(4-5-12(14)20(21)22)24-13-6-3-9(7-11(13)16)15(17,18)19;1-3(2)4/h3-8H,2H2,1H3;3H,4H2,1-2H3. The zero-order chi connectivity index (χ0) is 21.5. The molecule has 10 heteroatoms. The fraction of sp³-hybridized carbons (Fsp3) is 0.333. The first-order chi connectivity index (χ1) is 13.0. The van der Waals surface area contributed by atoms with Gasteiger partial charge in [0.05, 0.1) is 22.1 Å². The van der Waals surface area contributed by atoms with Gasteiger partial charge in [-0.3, -0.25) is 10.1 Å². The molecule has 0 atom stereocenters. The van der Waals surface area contributed by atoms with Crippen LogP contribution >= 0.6 is 11.6 Å². The molecular weight excluding hydrogens is 401 g/mol. The van der Waals surface area contributed by atoms with Gasteiger partial charge >= 0.3 is 11.9 Å². The number of nitrogens with zero attached hydrogens (tertiary/aromatic N) is 1. The summed E-state index contributed by atoms with van der Waals surface area (Å²) in [6, 6.07) is 6.73. The predicted octanol–water partition coefficient (Wildman–Crippen LogP) is 5.81. The maximum absolute atomic E-state index is 12.6. The topological polar surface area (TPSA) is 87.6 Å². The van der Waals surface area contributed by atoms with Crippen molar-refractivity contribution in [1.29, 1.82) is 0 Å². The third-order valence-corrected chi connectivity index (χ3v) is 3.21. The van der Waals surface area contributed by atoms with E-state index in [1.165, 1.54) is 18.2 Å². The lowest BCUT2D eigenvalue weighted by Gasteiger charge is -2.12. The quantitative estimate of drug-likeness (QED) is 0.487. The Kier molecular flexibility index (Phi) is 8.52. The fourth-order valence-electron chi connectivity index (χ4n) is 1.87. The largest absolute Gasteiger partial charge is 0.487 e. The van der Waals surface area contributed by atoms with Crippen LogP contribution in [0.2, 0.25) is 5.02 Å². The maximum Gasteiger partial charge on any atom is 0.416 e. The van der Waals surface area contributed by atoms with E-state index in [4.69, 9.17) is 26.8 Å². The van der Waals surface area contributed by atoms with E-state index in [1.807, 2.05) is 13.8 Å². The van der Waals surface area contributed by atoms with Crippen LogP contribution in [0.4, 0.5) is 18.9 Å². The molecule has 0 bridgehead atoms. The molecule has 0 unspecified atom stereocenters. The van der Waals surface area contributed by atoms with Crippen LogP contribution in [-0.4, -0.2) is 17.6 Å². The molecule has 2 aromatic carbocycles. The first-order valence-electron chi connectivity index (χ1n) is 8.17. The van der Waals surface area contributed by atoms with Crippen molar-refractivity contribution in [2.24, 2.45) is 5.73 Å². The third kappa shape index (κ3) is 7.24. The molecule has 154 valence electrons. The van der Waals surface area contributed by atoms with E-state index in [9.17, 15) is 23.3 Å². The minimum atomic E-state index is -4.52. The molecule has 0 aromatic heterocycles. The van der Waals surface area contributed by atoms with Gasteiger partial charge in [-0.2, -0.15) is 13.2 Å². The molecule has 2 aromatic rings. The van der Waals surface area contributed by atoms with E-state index in [2.05, 4.69) is 0 Å². The van der Waals surface area contributed by atoms with Crippen LogP contribution in [0.1, 0.15) is 26.3 Å². The number of nitro benzene ring substituents is 1. The van der Waals surface area contributed by atoms with Gasteiger partial charge in [-0.25, -0.2) is 0 Å². The van der Waals surface area contributed by atoms with Gasteiger partial charge in [0.1, 0.15) is 11.5 Å². The fourth-order valence-corrected chi connectivity index (χ4v) is 2.09. The molecule has 0 spiro atoms. The van der Waals surface area contributed by atoms with Crippen LogP contribution in [0.3, 0.4) is 0 Å². The SMILES string of the molecule is CC(C)N.CCOc1cc(Oc2ccc(C(F)(F)F)cc2Cl)ccc1[N+](=O)[O-]. The van der Waals surface area contributed by atoms with Gasteiger partial charge in [0, 0.05) is 12.1 Å². The van der Waals surface area contributed by atoms with E-state index >= 15 is 0 Å². The number of benzene rings is 2. The van der Waals surface area contributed by atoms with Crippen molar-refractivity contribution >= 4 is 17.3 Å². The van der Waals surface area contributed by atoms with Crippen LogP contribution < -0.4 is 15.2 Å². The average molecular weight is 421 g/mol. The summed E-state index contributed by atoms with van der Waals surface area (Å²) in [4.78, 5) is 10.3. The number of nitro groups is 1. The summed E-state index contributed by atoms with van der Waals surface area (Å²) < 4.78 is 48.4. The van der Waals surface area contributed by atoms with Gasteiger partial charge < -0.3 is 15.2 Å². The molecule has 0 aliphatic rings. The van der Waals surface area contributed by atoms with E-state index in [0.717, 1.165) is 18.2 Å². The second kappa shape index (κ2) is 10.1. The summed E-state index contributed by atoms with van der Waals surface area (Å²) in [5, 5.41) is 10.7. The normalized spacial score (nSPS) is 10.9. The van der Waals surface area contributed by atoms with Crippen LogP contribution in [0.25, 0.3) is 0 Å². The number of ether oxygens (including phenoxy) is 2. The molecule has 0 radical (unpaired) electrons. The summed E-state index contributed by atoms with van der Waals surface area (Å²) in [6.07, 6.45) is -4.52. The highest BCUT2D eigenvalue weighted by atomic mass is 35.5. The molecule has 6 nitrogen and oxygen atoms in total. The maximum atomic E-state index is 12.6. The number of hydrogen-bond acceptors (Lipinski definition) is 5. The second-order valence-corrected chi connectivity index (χ2v) is 6.22. The molecule has 0 amide bonds. The lowest BCUT2D eigenvalue weighted by Crippen LogP contribution is -2.06. The van der Waals surface area contributed by atoms with Crippen molar-refractivity contribution in [2.45, 2.75) is 33.0 Å². The van der Waals surface area contributed by atoms with Crippen LogP contribution in [0.5, 0.6) is 17.2 Å². The Bertz CT molecular complexity index is 811. The van der Waals surface area contributed by atoms with Gasteiger partial charge in [-0.1, -0.05) is 25.4 Å². The molecule has 0 aliphatic heterocycles. The highest BCUT2D eigenvalue weighted by Gasteiger charge is 2.31. The van der Waals surface area contributed by atoms with E-state index < -0.39 is 16.7 Å². The van der Waals surface area contributed by atoms with Crippen molar-refractivity contribution in [3.63, 3.8) is 0 Å². The van der Waals surface area contributed by atoms with Crippen molar-refractivity contribution in [3.8, 4) is 17.2 Å². The minimum absolute atomic E-state index is 0.0111. The van der Waals surface area contributed by atoms with E-state index in [-0.39, 0.29) is 34.6 Å². The van der Waals surface area contributed by atoms with Crippen molar-refractivity contribution < 1.29 is 27.6 Å². The van der Waals surface area contributed by atoms with Gasteiger partial charge in [-0.15, -0.1) is 0 Å². The zero-order valence-corrected chi connectivity index (χ0v) is 16.2. The number of hydrogen-bond donors (Lipinski definition) is 1. The zero-order valence-electron chi connectivity index (χ0n) is 15.4. The molecule has 28 heavy (non-hydrogen) atoms. The molecular formula is C18H20ClF3N2O4. The van der Waals surface area contributed by atoms with Gasteiger partial charge in [0.2, 0.25) is 5.75 Å². The van der Waals surface area contributed by atoms with E-state index in [1.54, 1.807) is 6.92 Å². The Morgan fingerprint density at radius 3 is 2.25 bits per heavy atom. The number of rotatable bonds is 5. The van der Waals surface area contributed by atoms with Crippen molar-refractivity contribution in [3.05, 3.63) is 57.1 Å². The highest BCUT2D eigenvalue weighted by Crippen LogP contribution is 2.38. The minimum Gasteiger partial charge on any atom is -0.487 e. The lowest BCUT2D eigenvalue weighted by molar-refractivity contribution is -0.385. The van der Waals surface area contributed by atoms with Gasteiger partial charge in [-0.05, 0) is 37.2 Å². The Morgan fingerprint density at radius 1 is 1.18 bits per heavy atom. The monoisotopic (exact) mass is 420 g/mol. The lowest BCUT2D eigenvalue weighted by atomic mass is 10.2. The molecule has 2 rings (SSSR count). The summed E-state index contributed by atoms with van der Waals surface area (Å²) in [5.41, 5.74) is 3.96. The Hall–Kier alpha value is -2.52. The smallest absolute Gasteiger partial charge is 0.416 e. The van der Waals surface area contributed by atoms with Crippen LogP contribution in [0, 0.1) is 10.1 Å². The molecule has 0 saturated carbocycles. The first-order valence-corrected chi connectivity index (χ1v) is 8.54. The van der Waals surface area contributed by atoms with Crippen LogP contribution in [0.15, 0.2) is 36.4 Å². The summed E-state index contributed by atoms with van der Waals surface area (Å²) in [6.45, 7) is 5.75. The Morgan fingerprint density at radius 2 is 1.79 bits per heavy atom. The Balaban J connectivity index is 0.000000892. The first kappa shape index (κ1) is 23.5. The predicted molar refractivity (Wildman–Crippen MR) is 100 cm³/mol. The molecule has 2 N–H and O–H groups in total. The van der Waals surface area contributed by atoms with Crippen molar-refractivity contribution in [1.82, 2.24) is 0 Å². The highest BCUT2D eigenvalue weighted by molar-refractivity contribution is 6.32.